The van der Waals surface area contributed by atoms with Gasteiger partial charge < -0.3 is 30.2 Å². The smallest absolute Gasteiger partial charge is 0.319 e. The molecule has 2 amide bonds. The number of nitrogens with zero attached hydrogens (tertiary/aromatic N) is 4. The number of anilines is 2. The summed E-state index contributed by atoms with van der Waals surface area (Å²) >= 11 is 0. The highest BCUT2D eigenvalue weighted by molar-refractivity contribution is 5.93. The molecule has 1 spiro atoms. The average Bonchev–Trinajstić information content (AvgIpc) is 3.30. The first kappa shape index (κ1) is 22.3. The van der Waals surface area contributed by atoms with E-state index in [9.17, 15) is 4.79 Å². The second-order valence-corrected chi connectivity index (χ2v) is 10.4. The van der Waals surface area contributed by atoms with Crippen LogP contribution in [-0.4, -0.2) is 78.4 Å². The Morgan fingerprint density at radius 3 is 2.57 bits per heavy atom. The van der Waals surface area contributed by atoms with Gasteiger partial charge >= 0.3 is 6.03 Å². The van der Waals surface area contributed by atoms with Crippen molar-refractivity contribution in [2.45, 2.75) is 31.7 Å². The first-order chi connectivity index (χ1) is 17.1. The average molecular weight is 476 g/mol. The van der Waals surface area contributed by atoms with E-state index in [2.05, 4.69) is 48.5 Å². The summed E-state index contributed by atoms with van der Waals surface area (Å²) < 4.78 is 5.48. The van der Waals surface area contributed by atoms with Crippen LogP contribution < -0.4 is 15.5 Å². The molecular weight excluding hydrogens is 442 g/mol. The number of nitrogens with one attached hydrogen (secondary N) is 3. The van der Waals surface area contributed by atoms with Crippen LogP contribution in [0.3, 0.4) is 0 Å². The summed E-state index contributed by atoms with van der Waals surface area (Å²) in [6, 6.07) is 10.1. The fourth-order valence-corrected chi connectivity index (χ4v) is 5.98. The molecule has 2 aromatic heterocycles. The van der Waals surface area contributed by atoms with E-state index in [0.29, 0.717) is 18.6 Å². The van der Waals surface area contributed by atoms with E-state index in [1.54, 1.807) is 6.33 Å². The van der Waals surface area contributed by atoms with Gasteiger partial charge in [0.15, 0.2) is 0 Å². The van der Waals surface area contributed by atoms with Crippen molar-refractivity contribution < 1.29 is 9.53 Å². The van der Waals surface area contributed by atoms with Gasteiger partial charge in [0.25, 0.3) is 0 Å². The second kappa shape index (κ2) is 9.13. The number of likely N-dealkylation sites (tertiary alicyclic amines) is 1. The van der Waals surface area contributed by atoms with Gasteiger partial charge in [-0.15, -0.1) is 0 Å². The zero-order valence-electron chi connectivity index (χ0n) is 20.2. The lowest BCUT2D eigenvalue weighted by Gasteiger charge is -2.52. The fraction of sp³-hybridized carbons (Fsp3) is 0.500. The SMILES string of the molecule is CN1CC2(CCC(NC(=O)Nc3ccc(-c4cc5c(N6CCOCC6)ncnc5[nH]4)cc3)CC2)C1. The molecule has 9 nitrogen and oxygen atoms in total. The van der Waals surface area contributed by atoms with Gasteiger partial charge in [-0.05, 0) is 61.9 Å². The normalized spacial score (nSPS) is 20.7. The number of benzene rings is 1. The van der Waals surface area contributed by atoms with Crippen molar-refractivity contribution in [3.05, 3.63) is 36.7 Å². The van der Waals surface area contributed by atoms with Crippen LogP contribution in [0.4, 0.5) is 16.3 Å². The monoisotopic (exact) mass is 475 g/mol. The van der Waals surface area contributed by atoms with Crippen molar-refractivity contribution in [3.8, 4) is 11.3 Å². The minimum absolute atomic E-state index is 0.125. The Hall–Kier alpha value is -3.17. The lowest BCUT2D eigenvalue weighted by atomic mass is 9.67. The standard InChI is InChI=1S/C26H33N7O2/c1-32-15-26(16-32)8-6-20(7-9-26)30-25(34)29-19-4-2-18(3-5-19)22-14-21-23(31-22)27-17-28-24(21)33-10-12-35-13-11-33/h2-5,14,17,20H,6-13,15-16H2,1H3,(H,27,28,31)(H2,29,30,34). The zero-order valence-corrected chi connectivity index (χ0v) is 20.2. The van der Waals surface area contributed by atoms with Crippen LogP contribution >= 0.6 is 0 Å². The molecule has 184 valence electrons. The number of hydrogen-bond donors (Lipinski definition) is 3. The van der Waals surface area contributed by atoms with Gasteiger partial charge in [0.2, 0.25) is 0 Å². The van der Waals surface area contributed by atoms with E-state index in [1.807, 2.05) is 24.3 Å². The molecule has 0 radical (unpaired) electrons. The van der Waals surface area contributed by atoms with Crippen molar-refractivity contribution in [2.75, 3.05) is 56.7 Å². The maximum absolute atomic E-state index is 12.6. The molecule has 1 saturated carbocycles. The summed E-state index contributed by atoms with van der Waals surface area (Å²) in [7, 11) is 2.18. The highest BCUT2D eigenvalue weighted by Gasteiger charge is 2.43. The van der Waals surface area contributed by atoms with Crippen LogP contribution in [0, 0.1) is 5.41 Å². The molecular formula is C26H33N7O2. The third-order valence-electron chi connectivity index (χ3n) is 7.76. The molecule has 1 aliphatic carbocycles. The Balaban J connectivity index is 1.08. The van der Waals surface area contributed by atoms with Crippen LogP contribution in [0.1, 0.15) is 25.7 Å². The van der Waals surface area contributed by atoms with Crippen LogP contribution in [-0.2, 0) is 4.74 Å². The van der Waals surface area contributed by atoms with Crippen LogP contribution in [0.15, 0.2) is 36.7 Å². The summed E-state index contributed by atoms with van der Waals surface area (Å²) in [5.41, 5.74) is 4.12. The van der Waals surface area contributed by atoms with E-state index in [4.69, 9.17) is 4.74 Å². The lowest BCUT2D eigenvalue weighted by molar-refractivity contribution is -0.0149. The summed E-state index contributed by atoms with van der Waals surface area (Å²) in [5.74, 6) is 0.939. The van der Waals surface area contributed by atoms with Crippen LogP contribution in [0.25, 0.3) is 22.3 Å². The third kappa shape index (κ3) is 4.58. The molecule has 3 fully saturated rings. The molecule has 3 aliphatic rings. The van der Waals surface area contributed by atoms with Gasteiger partial charge in [0.1, 0.15) is 17.8 Å². The highest BCUT2D eigenvalue weighted by Crippen LogP contribution is 2.43. The Morgan fingerprint density at radius 2 is 1.86 bits per heavy atom. The van der Waals surface area contributed by atoms with E-state index in [1.165, 1.54) is 25.9 Å². The van der Waals surface area contributed by atoms with Gasteiger partial charge in [0, 0.05) is 43.6 Å². The Kier molecular flexibility index (Phi) is 5.82. The molecule has 2 saturated heterocycles. The number of amides is 2. The Bertz CT molecular complexity index is 1190. The molecule has 1 aromatic carbocycles. The molecule has 9 heteroatoms. The summed E-state index contributed by atoms with van der Waals surface area (Å²) in [4.78, 5) is 29.6. The number of aromatic nitrogens is 3. The number of fused-ring (bicyclic) bond motifs is 1. The van der Waals surface area contributed by atoms with Gasteiger partial charge in [-0.2, -0.15) is 0 Å². The molecule has 0 unspecified atom stereocenters. The maximum Gasteiger partial charge on any atom is 0.319 e. The van der Waals surface area contributed by atoms with Gasteiger partial charge in [-0.3, -0.25) is 0 Å². The number of hydrogen-bond acceptors (Lipinski definition) is 6. The van der Waals surface area contributed by atoms with Crippen LogP contribution in [0.5, 0.6) is 0 Å². The Morgan fingerprint density at radius 1 is 1.11 bits per heavy atom. The zero-order chi connectivity index (χ0) is 23.8. The summed E-state index contributed by atoms with van der Waals surface area (Å²) in [5, 5.41) is 7.17. The third-order valence-corrected chi connectivity index (χ3v) is 7.76. The number of carbonyl (C=O) groups excluding carboxylic acids is 1. The largest absolute Gasteiger partial charge is 0.378 e. The number of urea groups is 1. The van der Waals surface area contributed by atoms with E-state index in [0.717, 1.165) is 59.7 Å². The number of rotatable bonds is 4. The van der Waals surface area contributed by atoms with Gasteiger partial charge in [0.05, 0.1) is 18.6 Å². The minimum atomic E-state index is -0.125. The van der Waals surface area contributed by atoms with Gasteiger partial charge in [-0.25, -0.2) is 14.8 Å². The molecule has 3 aromatic rings. The number of ether oxygens (including phenoxy) is 1. The molecule has 2 aliphatic heterocycles. The molecule has 0 atom stereocenters. The first-order valence-electron chi connectivity index (χ1n) is 12.6. The number of carbonyl (C=O) groups is 1. The summed E-state index contributed by atoms with van der Waals surface area (Å²) in [6.07, 6.45) is 6.15. The quantitative estimate of drug-likeness (QED) is 0.535. The van der Waals surface area contributed by atoms with Crippen molar-refractivity contribution in [1.29, 1.82) is 0 Å². The van der Waals surface area contributed by atoms with E-state index < -0.39 is 0 Å². The maximum atomic E-state index is 12.6. The van der Waals surface area contributed by atoms with E-state index >= 15 is 0 Å². The fourth-order valence-electron chi connectivity index (χ4n) is 5.98. The van der Waals surface area contributed by atoms with E-state index in [-0.39, 0.29) is 12.1 Å². The van der Waals surface area contributed by atoms with Gasteiger partial charge in [-0.1, -0.05) is 12.1 Å². The predicted molar refractivity (Wildman–Crippen MR) is 137 cm³/mol. The molecule has 6 rings (SSSR count). The highest BCUT2D eigenvalue weighted by atomic mass is 16.5. The Labute approximate surface area is 205 Å². The molecule has 35 heavy (non-hydrogen) atoms. The molecule has 0 bridgehead atoms. The predicted octanol–water partition coefficient (Wildman–Crippen LogP) is 3.46. The lowest BCUT2D eigenvalue weighted by Crippen LogP contribution is -2.57. The second-order valence-electron chi connectivity index (χ2n) is 10.4. The topological polar surface area (TPSA) is 98.4 Å². The van der Waals surface area contributed by atoms with Crippen molar-refractivity contribution in [2.24, 2.45) is 5.41 Å². The summed E-state index contributed by atoms with van der Waals surface area (Å²) in [6.45, 7) is 5.49. The number of aromatic amines is 1. The molecule has 4 heterocycles. The minimum Gasteiger partial charge on any atom is -0.378 e. The van der Waals surface area contributed by atoms with Crippen LogP contribution in [0.2, 0.25) is 0 Å². The number of morpholine rings is 1. The van der Waals surface area contributed by atoms with Crippen molar-refractivity contribution in [3.63, 3.8) is 0 Å². The number of H-pyrrole nitrogens is 1. The molecule has 3 N–H and O–H groups in total. The van der Waals surface area contributed by atoms with Crippen molar-refractivity contribution >= 4 is 28.6 Å². The first-order valence-corrected chi connectivity index (χ1v) is 12.6. The van der Waals surface area contributed by atoms with Crippen molar-refractivity contribution in [1.82, 2.24) is 25.2 Å².